The summed E-state index contributed by atoms with van der Waals surface area (Å²) in [6.07, 6.45) is 0. The Morgan fingerprint density at radius 2 is 1.52 bits per heavy atom. The minimum Gasteiger partial charge on any atom is -0.298 e. The molecule has 2 heterocycles. The van der Waals surface area contributed by atoms with E-state index in [1.54, 1.807) is 23.1 Å². The standard InChI is InChI=1S/C22H28N4S3/c1-15(25(3)4)28-18-10-7-9-17(13-18)19-14-20(21-11-8-12-27-21)24-22(23-19)29-16(2)26(5)6/h7-16H,1-6H3. The van der Waals surface area contributed by atoms with E-state index in [4.69, 9.17) is 9.97 Å². The highest BCUT2D eigenvalue weighted by atomic mass is 32.2. The van der Waals surface area contributed by atoms with Crippen LogP contribution >= 0.6 is 34.9 Å². The summed E-state index contributed by atoms with van der Waals surface area (Å²) >= 11 is 5.25. The van der Waals surface area contributed by atoms with E-state index in [0.717, 1.165) is 22.1 Å². The smallest absolute Gasteiger partial charge is 0.190 e. The minimum absolute atomic E-state index is 0.296. The van der Waals surface area contributed by atoms with Crippen molar-refractivity contribution in [3.05, 3.63) is 47.8 Å². The Kier molecular flexibility index (Phi) is 7.76. The van der Waals surface area contributed by atoms with E-state index < -0.39 is 0 Å². The summed E-state index contributed by atoms with van der Waals surface area (Å²) in [6.45, 7) is 4.39. The number of hydrogen-bond acceptors (Lipinski definition) is 7. The van der Waals surface area contributed by atoms with Gasteiger partial charge in [0.2, 0.25) is 0 Å². The lowest BCUT2D eigenvalue weighted by Gasteiger charge is -2.19. The Bertz CT molecular complexity index is 926. The first-order chi connectivity index (χ1) is 13.8. The molecular formula is C22H28N4S3. The van der Waals surface area contributed by atoms with E-state index in [1.165, 1.54) is 9.77 Å². The van der Waals surface area contributed by atoms with Gasteiger partial charge in [-0.05, 0) is 71.7 Å². The van der Waals surface area contributed by atoms with Crippen LogP contribution in [0.2, 0.25) is 0 Å². The molecule has 0 saturated carbocycles. The summed E-state index contributed by atoms with van der Waals surface area (Å²) in [5.41, 5.74) is 3.08. The zero-order valence-corrected chi connectivity index (χ0v) is 20.2. The van der Waals surface area contributed by atoms with E-state index >= 15 is 0 Å². The van der Waals surface area contributed by atoms with Crippen LogP contribution in [-0.4, -0.2) is 58.7 Å². The SMILES string of the molecule is CC(Sc1cccc(-c2cc(-c3cccs3)nc(SC(C)N(C)C)n2)c1)N(C)C. The highest BCUT2D eigenvalue weighted by Crippen LogP contribution is 2.33. The van der Waals surface area contributed by atoms with Gasteiger partial charge in [0, 0.05) is 10.5 Å². The molecule has 1 aromatic carbocycles. The van der Waals surface area contributed by atoms with Crippen LogP contribution in [0.5, 0.6) is 0 Å². The largest absolute Gasteiger partial charge is 0.298 e. The third-order valence-electron chi connectivity index (χ3n) is 4.65. The topological polar surface area (TPSA) is 32.3 Å². The average Bonchev–Trinajstić information content (AvgIpc) is 3.22. The number of rotatable bonds is 8. The molecule has 4 nitrogen and oxygen atoms in total. The third kappa shape index (κ3) is 6.06. The molecule has 29 heavy (non-hydrogen) atoms. The van der Waals surface area contributed by atoms with Crippen molar-refractivity contribution in [1.82, 2.24) is 19.8 Å². The monoisotopic (exact) mass is 444 g/mol. The van der Waals surface area contributed by atoms with Crippen molar-refractivity contribution in [3.8, 4) is 21.8 Å². The summed E-state index contributed by atoms with van der Waals surface area (Å²) in [6, 6.07) is 14.9. The van der Waals surface area contributed by atoms with Crippen LogP contribution in [0, 0.1) is 0 Å². The van der Waals surface area contributed by atoms with Crippen molar-refractivity contribution in [2.24, 2.45) is 0 Å². The summed E-state index contributed by atoms with van der Waals surface area (Å²) in [7, 11) is 8.37. The maximum atomic E-state index is 4.90. The molecule has 2 atom stereocenters. The summed E-state index contributed by atoms with van der Waals surface area (Å²) in [5.74, 6) is 0. The van der Waals surface area contributed by atoms with Crippen LogP contribution in [0.3, 0.4) is 0 Å². The van der Waals surface area contributed by atoms with Crippen LogP contribution in [0.15, 0.2) is 57.9 Å². The number of hydrogen-bond donors (Lipinski definition) is 0. The molecule has 0 radical (unpaired) electrons. The van der Waals surface area contributed by atoms with Gasteiger partial charge < -0.3 is 0 Å². The minimum atomic E-state index is 0.296. The van der Waals surface area contributed by atoms with Crippen molar-refractivity contribution in [2.45, 2.75) is 34.6 Å². The quantitative estimate of drug-likeness (QED) is 0.245. The normalized spacial score (nSPS) is 13.8. The second-order valence-electron chi connectivity index (χ2n) is 7.29. The first kappa shape index (κ1) is 22.3. The fourth-order valence-corrected chi connectivity index (χ4v) is 4.93. The van der Waals surface area contributed by atoms with E-state index in [2.05, 4.69) is 99.7 Å². The van der Waals surface area contributed by atoms with Crippen molar-refractivity contribution < 1.29 is 0 Å². The molecule has 2 unspecified atom stereocenters. The number of thioether (sulfide) groups is 2. The van der Waals surface area contributed by atoms with Gasteiger partial charge in [0.25, 0.3) is 0 Å². The van der Waals surface area contributed by atoms with Gasteiger partial charge >= 0.3 is 0 Å². The first-order valence-corrected chi connectivity index (χ1v) is 12.2. The van der Waals surface area contributed by atoms with Gasteiger partial charge in [0.1, 0.15) is 0 Å². The van der Waals surface area contributed by atoms with Crippen molar-refractivity contribution in [1.29, 1.82) is 0 Å². The third-order valence-corrected chi connectivity index (χ3v) is 7.98. The molecule has 154 valence electrons. The molecule has 0 saturated heterocycles. The fourth-order valence-electron chi connectivity index (χ4n) is 2.47. The second-order valence-corrected chi connectivity index (χ2v) is 10.9. The Balaban J connectivity index is 1.98. The number of benzene rings is 1. The zero-order chi connectivity index (χ0) is 21.0. The lowest BCUT2D eigenvalue weighted by Crippen LogP contribution is -2.21. The van der Waals surface area contributed by atoms with E-state index in [0.29, 0.717) is 10.7 Å². The molecule has 0 amide bonds. The Morgan fingerprint density at radius 3 is 2.17 bits per heavy atom. The predicted molar refractivity (Wildman–Crippen MR) is 129 cm³/mol. The Labute approximate surface area is 186 Å². The molecule has 3 aromatic rings. The van der Waals surface area contributed by atoms with Crippen LogP contribution < -0.4 is 0 Å². The average molecular weight is 445 g/mol. The molecule has 0 fully saturated rings. The van der Waals surface area contributed by atoms with Crippen molar-refractivity contribution in [3.63, 3.8) is 0 Å². The number of thiophene rings is 1. The molecule has 0 bridgehead atoms. The lowest BCUT2D eigenvalue weighted by molar-refractivity contribution is 0.402. The summed E-state index contributed by atoms with van der Waals surface area (Å²) < 4.78 is 0. The molecule has 0 spiro atoms. The fraction of sp³-hybridized carbons (Fsp3) is 0.364. The van der Waals surface area contributed by atoms with Crippen molar-refractivity contribution >= 4 is 34.9 Å². The van der Waals surface area contributed by atoms with Gasteiger partial charge in [-0.25, -0.2) is 9.97 Å². The van der Waals surface area contributed by atoms with Crippen LogP contribution in [0.1, 0.15) is 13.8 Å². The van der Waals surface area contributed by atoms with Crippen LogP contribution in [0.4, 0.5) is 0 Å². The first-order valence-electron chi connectivity index (χ1n) is 9.53. The molecule has 3 rings (SSSR count). The Hall–Kier alpha value is -1.38. The molecule has 2 aromatic heterocycles. The molecule has 0 N–H and O–H groups in total. The van der Waals surface area contributed by atoms with Gasteiger partial charge in [-0.3, -0.25) is 9.80 Å². The van der Waals surface area contributed by atoms with Crippen LogP contribution in [0.25, 0.3) is 21.8 Å². The van der Waals surface area contributed by atoms with E-state index in [9.17, 15) is 0 Å². The predicted octanol–water partition coefficient (Wildman–Crippen LogP) is 5.87. The highest BCUT2D eigenvalue weighted by Gasteiger charge is 2.15. The van der Waals surface area contributed by atoms with Crippen LogP contribution in [-0.2, 0) is 0 Å². The number of nitrogens with zero attached hydrogens (tertiary/aromatic N) is 4. The number of aromatic nitrogens is 2. The van der Waals surface area contributed by atoms with Gasteiger partial charge in [0.05, 0.1) is 27.0 Å². The Morgan fingerprint density at radius 1 is 0.828 bits per heavy atom. The van der Waals surface area contributed by atoms with E-state index in [1.807, 2.05) is 11.8 Å². The second kappa shape index (κ2) is 10.1. The maximum Gasteiger partial charge on any atom is 0.190 e. The summed E-state index contributed by atoms with van der Waals surface area (Å²) in [4.78, 5) is 16.5. The molecule has 0 aliphatic carbocycles. The van der Waals surface area contributed by atoms with Gasteiger partial charge in [-0.15, -0.1) is 23.1 Å². The van der Waals surface area contributed by atoms with Crippen molar-refractivity contribution in [2.75, 3.05) is 28.2 Å². The van der Waals surface area contributed by atoms with E-state index in [-0.39, 0.29) is 0 Å². The van der Waals surface area contributed by atoms with Gasteiger partial charge in [-0.2, -0.15) is 0 Å². The molecule has 0 aliphatic rings. The molecular weight excluding hydrogens is 416 g/mol. The highest BCUT2D eigenvalue weighted by molar-refractivity contribution is 8.00. The lowest BCUT2D eigenvalue weighted by atomic mass is 10.1. The summed E-state index contributed by atoms with van der Waals surface area (Å²) in [5, 5.41) is 3.60. The maximum absolute atomic E-state index is 4.90. The van der Waals surface area contributed by atoms with Gasteiger partial charge in [-0.1, -0.05) is 30.0 Å². The van der Waals surface area contributed by atoms with Gasteiger partial charge in [0.15, 0.2) is 5.16 Å². The molecule has 0 aliphatic heterocycles. The zero-order valence-electron chi connectivity index (χ0n) is 17.8. The molecule has 7 heteroatoms.